The normalized spacial score (nSPS) is 11.7. The number of nitrogens with two attached hydrogens (primary N) is 1. The minimum absolute atomic E-state index is 0.0510. The van der Waals surface area contributed by atoms with Crippen molar-refractivity contribution in [3.8, 4) is 5.75 Å². The number of hydrogen-bond donors (Lipinski definition) is 1. The first-order chi connectivity index (χ1) is 10.2. The van der Waals surface area contributed by atoms with Gasteiger partial charge in [-0.2, -0.15) is 13.2 Å². The second-order valence-corrected chi connectivity index (χ2v) is 5.03. The lowest BCUT2D eigenvalue weighted by Crippen LogP contribution is -2.13. The first kappa shape index (κ1) is 15.9. The van der Waals surface area contributed by atoms with E-state index < -0.39 is 17.7 Å². The van der Waals surface area contributed by atoms with E-state index in [1.807, 2.05) is 13.8 Å². The Hall–Kier alpha value is -2.44. The molecule has 4 nitrogen and oxygen atoms in total. The molecule has 0 aliphatic heterocycles. The number of esters is 1. The van der Waals surface area contributed by atoms with Crippen molar-refractivity contribution in [1.82, 2.24) is 4.57 Å². The Morgan fingerprint density at radius 3 is 2.50 bits per heavy atom. The van der Waals surface area contributed by atoms with Crippen LogP contribution in [-0.2, 0) is 6.18 Å². The lowest BCUT2D eigenvalue weighted by molar-refractivity contribution is -0.137. The smallest absolute Gasteiger partial charge is 0.416 e. The van der Waals surface area contributed by atoms with Crippen molar-refractivity contribution in [3.63, 3.8) is 0 Å². The molecule has 118 valence electrons. The minimum Gasteiger partial charge on any atom is -0.423 e. The number of halogens is 3. The van der Waals surface area contributed by atoms with Crippen molar-refractivity contribution in [1.29, 1.82) is 0 Å². The molecule has 0 saturated heterocycles. The van der Waals surface area contributed by atoms with Gasteiger partial charge in [-0.15, -0.1) is 0 Å². The first-order valence-electron chi connectivity index (χ1n) is 6.56. The van der Waals surface area contributed by atoms with Crippen molar-refractivity contribution in [2.45, 2.75) is 26.1 Å². The number of rotatable bonds is 3. The molecule has 0 spiro atoms. The van der Waals surface area contributed by atoms with Gasteiger partial charge in [0.1, 0.15) is 17.1 Å². The largest absolute Gasteiger partial charge is 0.423 e. The molecule has 0 aliphatic rings. The quantitative estimate of drug-likeness (QED) is 0.691. The number of nitrogen functional groups attached to an aromatic ring is 1. The molecule has 1 aromatic carbocycles. The monoisotopic (exact) mass is 312 g/mol. The van der Waals surface area contributed by atoms with Gasteiger partial charge in [-0.1, -0.05) is 6.07 Å². The number of aromatic nitrogens is 1. The third kappa shape index (κ3) is 3.24. The molecule has 0 atom stereocenters. The molecule has 0 bridgehead atoms. The predicted octanol–water partition coefficient (Wildman–Crippen LogP) is 3.89. The molecule has 2 rings (SSSR count). The number of hydrogen-bond acceptors (Lipinski definition) is 3. The van der Waals surface area contributed by atoms with E-state index in [0.717, 1.165) is 12.1 Å². The molecule has 22 heavy (non-hydrogen) atoms. The zero-order valence-corrected chi connectivity index (χ0v) is 12.0. The summed E-state index contributed by atoms with van der Waals surface area (Å²) in [6.45, 7) is 3.77. The van der Waals surface area contributed by atoms with Crippen molar-refractivity contribution in [2.75, 3.05) is 5.73 Å². The SMILES string of the molecule is CC(C)n1ccc(C(=O)Oc2cccc(C(F)(F)F)c2)c1N. The van der Waals surface area contributed by atoms with Crippen molar-refractivity contribution < 1.29 is 22.7 Å². The van der Waals surface area contributed by atoms with Crippen LogP contribution in [0.2, 0.25) is 0 Å². The zero-order chi connectivity index (χ0) is 16.5. The number of carbonyl (C=O) groups excluding carboxylic acids is 1. The van der Waals surface area contributed by atoms with Crippen LogP contribution in [0.25, 0.3) is 0 Å². The van der Waals surface area contributed by atoms with E-state index in [-0.39, 0.29) is 23.2 Å². The molecule has 0 radical (unpaired) electrons. The van der Waals surface area contributed by atoms with Crippen LogP contribution >= 0.6 is 0 Å². The molecular weight excluding hydrogens is 297 g/mol. The summed E-state index contributed by atoms with van der Waals surface area (Å²) in [7, 11) is 0. The van der Waals surface area contributed by atoms with Gasteiger partial charge in [-0.25, -0.2) is 4.79 Å². The number of carbonyl (C=O) groups is 1. The number of alkyl halides is 3. The molecule has 7 heteroatoms. The Kier molecular flexibility index (Phi) is 4.16. The Balaban J connectivity index is 2.23. The fraction of sp³-hybridized carbons (Fsp3) is 0.267. The van der Waals surface area contributed by atoms with Crippen LogP contribution in [-0.4, -0.2) is 10.5 Å². The Bertz CT molecular complexity index is 690. The maximum absolute atomic E-state index is 12.6. The lowest BCUT2D eigenvalue weighted by atomic mass is 10.2. The molecule has 0 amide bonds. The summed E-state index contributed by atoms with van der Waals surface area (Å²) in [5, 5.41) is 0. The molecule has 0 unspecified atom stereocenters. The minimum atomic E-state index is -4.50. The van der Waals surface area contributed by atoms with Gasteiger partial charge >= 0.3 is 12.1 Å². The summed E-state index contributed by atoms with van der Waals surface area (Å²) >= 11 is 0. The molecule has 0 saturated carbocycles. The van der Waals surface area contributed by atoms with Crippen molar-refractivity contribution in [3.05, 3.63) is 47.7 Å². The highest BCUT2D eigenvalue weighted by atomic mass is 19.4. The van der Waals surface area contributed by atoms with Crippen LogP contribution in [0, 0.1) is 0 Å². The van der Waals surface area contributed by atoms with Gasteiger partial charge in [0.2, 0.25) is 0 Å². The number of ether oxygens (including phenoxy) is 1. The van der Waals surface area contributed by atoms with Crippen LogP contribution in [0.5, 0.6) is 5.75 Å². The van der Waals surface area contributed by atoms with Crippen LogP contribution in [0.1, 0.15) is 35.8 Å². The highest BCUT2D eigenvalue weighted by molar-refractivity contribution is 5.95. The molecule has 2 N–H and O–H groups in total. The highest BCUT2D eigenvalue weighted by Gasteiger charge is 2.31. The molecule has 0 aliphatic carbocycles. The second kappa shape index (κ2) is 5.75. The standard InChI is InChI=1S/C15H15F3N2O2/c1-9(2)20-7-6-12(13(20)19)14(21)22-11-5-3-4-10(8-11)15(16,17)18/h3-9H,19H2,1-2H3. The van der Waals surface area contributed by atoms with Crippen molar-refractivity contribution >= 4 is 11.8 Å². The van der Waals surface area contributed by atoms with E-state index in [4.69, 9.17) is 10.5 Å². The average molecular weight is 312 g/mol. The summed E-state index contributed by atoms with van der Waals surface area (Å²) in [6, 6.07) is 5.66. The summed E-state index contributed by atoms with van der Waals surface area (Å²) in [5.41, 5.74) is 5.07. The van der Waals surface area contributed by atoms with Crippen LogP contribution in [0.15, 0.2) is 36.5 Å². The summed E-state index contributed by atoms with van der Waals surface area (Å²) < 4.78 is 44.5. The van der Waals surface area contributed by atoms with Gasteiger partial charge < -0.3 is 15.0 Å². The fourth-order valence-electron chi connectivity index (χ4n) is 1.98. The van der Waals surface area contributed by atoms with E-state index in [1.165, 1.54) is 18.2 Å². The molecule has 0 fully saturated rings. The van der Waals surface area contributed by atoms with Gasteiger partial charge in [-0.05, 0) is 38.1 Å². The Morgan fingerprint density at radius 1 is 1.27 bits per heavy atom. The summed E-state index contributed by atoms with van der Waals surface area (Å²) in [5.74, 6) is -0.764. The lowest BCUT2D eigenvalue weighted by Gasteiger charge is -2.11. The second-order valence-electron chi connectivity index (χ2n) is 5.03. The maximum Gasteiger partial charge on any atom is 0.416 e. The van der Waals surface area contributed by atoms with Gasteiger partial charge in [0, 0.05) is 12.2 Å². The van der Waals surface area contributed by atoms with E-state index in [1.54, 1.807) is 10.8 Å². The van der Waals surface area contributed by atoms with E-state index in [2.05, 4.69) is 0 Å². The number of benzene rings is 1. The van der Waals surface area contributed by atoms with E-state index >= 15 is 0 Å². The third-order valence-corrected chi connectivity index (χ3v) is 3.10. The molecule has 2 aromatic rings. The van der Waals surface area contributed by atoms with Gasteiger partial charge in [0.05, 0.1) is 5.56 Å². The molecule has 1 heterocycles. The maximum atomic E-state index is 12.6. The van der Waals surface area contributed by atoms with Crippen molar-refractivity contribution in [2.24, 2.45) is 0 Å². The fourth-order valence-corrected chi connectivity index (χ4v) is 1.98. The summed E-state index contributed by atoms with van der Waals surface area (Å²) in [6.07, 6.45) is -2.87. The first-order valence-corrected chi connectivity index (χ1v) is 6.56. The zero-order valence-electron chi connectivity index (χ0n) is 12.0. The predicted molar refractivity (Wildman–Crippen MR) is 75.6 cm³/mol. The topological polar surface area (TPSA) is 57.2 Å². The summed E-state index contributed by atoms with van der Waals surface area (Å²) in [4.78, 5) is 12.0. The van der Waals surface area contributed by atoms with E-state index in [9.17, 15) is 18.0 Å². The van der Waals surface area contributed by atoms with Gasteiger partial charge in [0.25, 0.3) is 0 Å². The van der Waals surface area contributed by atoms with E-state index in [0.29, 0.717) is 0 Å². The number of anilines is 1. The van der Waals surface area contributed by atoms with Crippen LogP contribution < -0.4 is 10.5 Å². The Labute approximate surface area is 125 Å². The van der Waals surface area contributed by atoms with Gasteiger partial charge in [-0.3, -0.25) is 0 Å². The molecular formula is C15H15F3N2O2. The Morgan fingerprint density at radius 2 is 1.95 bits per heavy atom. The highest BCUT2D eigenvalue weighted by Crippen LogP contribution is 2.31. The number of nitrogens with zero attached hydrogens (tertiary/aromatic N) is 1. The van der Waals surface area contributed by atoms with Crippen LogP contribution in [0.3, 0.4) is 0 Å². The third-order valence-electron chi connectivity index (χ3n) is 3.10. The molecule has 1 aromatic heterocycles. The van der Waals surface area contributed by atoms with Gasteiger partial charge in [0.15, 0.2) is 0 Å². The van der Waals surface area contributed by atoms with Crippen LogP contribution in [0.4, 0.5) is 19.0 Å². The average Bonchev–Trinajstić information content (AvgIpc) is 2.80.